The first kappa shape index (κ1) is 19.9. The van der Waals surface area contributed by atoms with E-state index in [1.165, 1.54) is 0 Å². The molecular weight excluding hydrogens is 300 g/mol. The van der Waals surface area contributed by atoms with Gasteiger partial charge >= 0.3 is 10.4 Å². The smallest absolute Gasteiger partial charge is 0.300 e. The van der Waals surface area contributed by atoms with Gasteiger partial charge in [-0.25, -0.2) is 4.18 Å². The van der Waals surface area contributed by atoms with Crippen LogP contribution < -0.4 is 0 Å². The molecule has 0 bridgehead atoms. The molecule has 0 aliphatic heterocycles. The van der Waals surface area contributed by atoms with Crippen LogP contribution in [0.5, 0.6) is 0 Å². The molecule has 0 aromatic rings. The molecule has 0 radical (unpaired) electrons. The zero-order valence-corrected chi connectivity index (χ0v) is 13.2. The Labute approximate surface area is 125 Å². The number of carbonyl (C=O) groups is 3. The van der Waals surface area contributed by atoms with E-state index >= 15 is 0 Å². The third-order valence-corrected chi connectivity index (χ3v) is 3.66. The van der Waals surface area contributed by atoms with Gasteiger partial charge in [-0.2, -0.15) is 8.42 Å². The van der Waals surface area contributed by atoms with Crippen molar-refractivity contribution in [3.63, 3.8) is 0 Å². The minimum absolute atomic E-state index is 0.0335. The number of carbonyl (C=O) groups excluding carboxylic acids is 3. The van der Waals surface area contributed by atoms with Crippen molar-refractivity contribution in [2.45, 2.75) is 51.9 Å². The Kier molecular flexibility index (Phi) is 10.0. The summed E-state index contributed by atoms with van der Waals surface area (Å²) in [6.07, 6.45) is 1.42. The summed E-state index contributed by atoms with van der Waals surface area (Å²) in [4.78, 5) is 34.0. The molecule has 0 fully saturated rings. The van der Waals surface area contributed by atoms with Gasteiger partial charge in [-0.05, 0) is 6.42 Å². The van der Waals surface area contributed by atoms with Crippen LogP contribution in [-0.4, -0.2) is 39.5 Å². The monoisotopic (exact) mass is 322 g/mol. The van der Waals surface area contributed by atoms with Crippen molar-refractivity contribution < 1.29 is 31.2 Å². The van der Waals surface area contributed by atoms with Crippen LogP contribution in [0.2, 0.25) is 0 Å². The van der Waals surface area contributed by atoms with Gasteiger partial charge in [0.05, 0.1) is 13.7 Å². The van der Waals surface area contributed by atoms with Gasteiger partial charge in [-0.15, -0.1) is 0 Å². The molecule has 7 nitrogen and oxygen atoms in total. The standard InChI is InChI=1S/C13H22O7S/c1-3-11(14)6-7-13(16)9-8-12(15)5-4-10-20-21(17,18)19-2/h3-10H2,1-2H3. The van der Waals surface area contributed by atoms with Crippen LogP contribution in [0.15, 0.2) is 0 Å². The zero-order valence-electron chi connectivity index (χ0n) is 12.4. The normalized spacial score (nSPS) is 11.3. The summed E-state index contributed by atoms with van der Waals surface area (Å²) in [6, 6.07) is 0. The quantitative estimate of drug-likeness (QED) is 0.471. The third kappa shape index (κ3) is 11.2. The molecule has 0 N–H and O–H groups in total. The Bertz CT molecular complexity index is 453. The van der Waals surface area contributed by atoms with E-state index in [9.17, 15) is 22.8 Å². The first-order valence-corrected chi connectivity index (χ1v) is 8.14. The molecule has 0 saturated carbocycles. The van der Waals surface area contributed by atoms with Crippen LogP contribution in [-0.2, 0) is 33.1 Å². The predicted molar refractivity (Wildman–Crippen MR) is 74.9 cm³/mol. The van der Waals surface area contributed by atoms with E-state index in [4.69, 9.17) is 0 Å². The Hall–Kier alpha value is -1.12. The Balaban J connectivity index is 3.71. The van der Waals surface area contributed by atoms with E-state index in [0.717, 1.165) is 7.11 Å². The fourth-order valence-corrected chi connectivity index (χ4v) is 1.88. The van der Waals surface area contributed by atoms with Crippen molar-refractivity contribution in [1.82, 2.24) is 0 Å². The number of rotatable bonds is 13. The molecule has 0 heterocycles. The van der Waals surface area contributed by atoms with E-state index < -0.39 is 10.4 Å². The van der Waals surface area contributed by atoms with Crippen LogP contribution >= 0.6 is 0 Å². The van der Waals surface area contributed by atoms with Crippen LogP contribution in [0.25, 0.3) is 0 Å². The zero-order chi connectivity index (χ0) is 16.3. The van der Waals surface area contributed by atoms with Gasteiger partial charge in [0.25, 0.3) is 0 Å². The van der Waals surface area contributed by atoms with Crippen LogP contribution in [0, 0.1) is 0 Å². The summed E-state index contributed by atoms with van der Waals surface area (Å²) in [5.74, 6) is -0.210. The molecule has 0 spiro atoms. The first-order valence-electron chi connectivity index (χ1n) is 6.80. The molecule has 0 amide bonds. The fraction of sp³-hybridized carbons (Fsp3) is 0.769. The highest BCUT2D eigenvalue weighted by Gasteiger charge is 2.11. The lowest BCUT2D eigenvalue weighted by atomic mass is 10.0. The molecule has 0 unspecified atom stereocenters. The molecule has 0 aliphatic carbocycles. The topological polar surface area (TPSA) is 104 Å². The van der Waals surface area contributed by atoms with E-state index in [0.29, 0.717) is 6.42 Å². The molecule has 0 aromatic heterocycles. The second-order valence-electron chi connectivity index (χ2n) is 4.47. The lowest BCUT2D eigenvalue weighted by Crippen LogP contribution is -2.10. The largest absolute Gasteiger partial charge is 0.399 e. The number of Topliss-reactive ketones (excluding diaryl/α,β-unsaturated/α-hetero) is 3. The molecule has 8 heteroatoms. The van der Waals surface area contributed by atoms with Crippen molar-refractivity contribution in [2.75, 3.05) is 13.7 Å². The number of hydrogen-bond donors (Lipinski definition) is 0. The van der Waals surface area contributed by atoms with Gasteiger partial charge in [0.2, 0.25) is 0 Å². The maximum atomic E-state index is 11.5. The highest BCUT2D eigenvalue weighted by Crippen LogP contribution is 2.05. The van der Waals surface area contributed by atoms with E-state index in [1.54, 1.807) is 6.92 Å². The van der Waals surface area contributed by atoms with Crippen molar-refractivity contribution in [2.24, 2.45) is 0 Å². The summed E-state index contributed by atoms with van der Waals surface area (Å²) in [7, 11) is -2.98. The Morgan fingerprint density at radius 2 is 1.33 bits per heavy atom. The SMILES string of the molecule is CCC(=O)CCC(=O)CCC(=O)CCCOS(=O)(=O)OC. The third-order valence-electron chi connectivity index (χ3n) is 2.79. The summed E-state index contributed by atoms with van der Waals surface area (Å²) in [5.41, 5.74) is 0. The second-order valence-corrected chi connectivity index (χ2v) is 5.86. The van der Waals surface area contributed by atoms with Crippen molar-refractivity contribution in [3.05, 3.63) is 0 Å². The maximum Gasteiger partial charge on any atom is 0.399 e. The summed E-state index contributed by atoms with van der Waals surface area (Å²) in [5, 5.41) is 0. The average Bonchev–Trinajstić information content (AvgIpc) is 2.46. The van der Waals surface area contributed by atoms with Gasteiger partial charge < -0.3 is 0 Å². The van der Waals surface area contributed by atoms with E-state index in [1.807, 2.05) is 0 Å². The molecule has 0 atom stereocenters. The number of hydrogen-bond acceptors (Lipinski definition) is 7. The minimum atomic E-state index is -3.96. The van der Waals surface area contributed by atoms with Gasteiger partial charge in [0.1, 0.15) is 17.3 Å². The van der Waals surface area contributed by atoms with Crippen LogP contribution in [0.4, 0.5) is 0 Å². The van der Waals surface area contributed by atoms with Gasteiger partial charge in [0, 0.05) is 38.5 Å². The van der Waals surface area contributed by atoms with Crippen molar-refractivity contribution >= 4 is 27.7 Å². The molecule has 21 heavy (non-hydrogen) atoms. The Morgan fingerprint density at radius 1 is 0.857 bits per heavy atom. The minimum Gasteiger partial charge on any atom is -0.300 e. The van der Waals surface area contributed by atoms with Crippen molar-refractivity contribution in [1.29, 1.82) is 0 Å². The second kappa shape index (κ2) is 10.6. The summed E-state index contributed by atoms with van der Waals surface area (Å²) >= 11 is 0. The molecule has 0 rings (SSSR count). The lowest BCUT2D eigenvalue weighted by molar-refractivity contribution is -0.126. The molecule has 0 saturated heterocycles. The molecule has 0 aromatic carbocycles. The van der Waals surface area contributed by atoms with Crippen molar-refractivity contribution in [3.8, 4) is 0 Å². The van der Waals surface area contributed by atoms with E-state index in [-0.39, 0.29) is 62.5 Å². The molecule has 122 valence electrons. The van der Waals surface area contributed by atoms with Crippen LogP contribution in [0.3, 0.4) is 0 Å². The molecular formula is C13H22O7S. The highest BCUT2D eigenvalue weighted by atomic mass is 32.3. The fourth-order valence-electron chi connectivity index (χ4n) is 1.46. The number of ketones is 3. The summed E-state index contributed by atoms with van der Waals surface area (Å²) in [6.45, 7) is 1.60. The Morgan fingerprint density at radius 3 is 1.81 bits per heavy atom. The van der Waals surface area contributed by atoms with E-state index in [2.05, 4.69) is 8.37 Å². The molecule has 0 aliphatic rings. The first-order chi connectivity index (χ1) is 9.80. The van der Waals surface area contributed by atoms with Gasteiger partial charge in [-0.3, -0.25) is 18.6 Å². The average molecular weight is 322 g/mol. The van der Waals surface area contributed by atoms with Gasteiger partial charge in [-0.1, -0.05) is 6.92 Å². The van der Waals surface area contributed by atoms with Crippen LogP contribution in [0.1, 0.15) is 51.9 Å². The lowest BCUT2D eigenvalue weighted by Gasteiger charge is -2.03. The highest BCUT2D eigenvalue weighted by molar-refractivity contribution is 7.81. The maximum absolute atomic E-state index is 11.5. The van der Waals surface area contributed by atoms with Gasteiger partial charge in [0.15, 0.2) is 0 Å². The summed E-state index contributed by atoms with van der Waals surface area (Å²) < 4.78 is 30.1. The predicted octanol–water partition coefficient (Wildman–Crippen LogP) is 1.35.